The largest absolute Gasteiger partial charge is 1.00 e. The van der Waals surface area contributed by atoms with E-state index in [0.29, 0.717) is 3.63 Å². The van der Waals surface area contributed by atoms with Crippen LogP contribution < -0.4 is 29.6 Å². The van der Waals surface area contributed by atoms with Crippen molar-refractivity contribution in [1.29, 1.82) is 0 Å². The molecule has 0 spiro atoms. The quantitative estimate of drug-likeness (QED) is 0.344. The first-order valence-electron chi connectivity index (χ1n) is 11.8. The molecule has 0 saturated carbocycles. The zero-order valence-electron chi connectivity index (χ0n) is 20.0. The van der Waals surface area contributed by atoms with E-state index in [1.54, 1.807) is 13.6 Å². The molecular formula is C32H26Cl2OZr. The summed E-state index contributed by atoms with van der Waals surface area (Å²) in [5.41, 5.74) is 8.40. The second-order valence-corrected chi connectivity index (χ2v) is 15.1. The van der Waals surface area contributed by atoms with Gasteiger partial charge in [-0.1, -0.05) is 0 Å². The summed E-state index contributed by atoms with van der Waals surface area (Å²) in [5.74, 6) is 0.943. The summed E-state index contributed by atoms with van der Waals surface area (Å²) in [6.07, 6.45) is 8.07. The van der Waals surface area contributed by atoms with Crippen LogP contribution >= 0.6 is 0 Å². The SMILES string of the molecule is COc1ccc2c(c1)[CH]([Zr+2]([C]1=CC=CC1)=[C](c1ccccc1)c1ccccc1)c1ccccc1-2.[Cl-].[Cl-]. The fourth-order valence-electron chi connectivity index (χ4n) is 5.45. The van der Waals surface area contributed by atoms with Gasteiger partial charge in [-0.15, -0.1) is 0 Å². The van der Waals surface area contributed by atoms with Crippen molar-refractivity contribution in [1.82, 2.24) is 0 Å². The first kappa shape index (κ1) is 26.6. The molecule has 1 nitrogen and oxygen atoms in total. The Morgan fingerprint density at radius 3 is 1.94 bits per heavy atom. The van der Waals surface area contributed by atoms with Crippen molar-refractivity contribution in [2.45, 2.75) is 10.0 Å². The average Bonchev–Trinajstić information content (AvgIpc) is 3.55. The molecule has 0 fully saturated rings. The summed E-state index contributed by atoms with van der Waals surface area (Å²) in [5, 5.41) is 0. The second-order valence-electron chi connectivity index (χ2n) is 8.82. The summed E-state index contributed by atoms with van der Waals surface area (Å²) in [4.78, 5) is 0. The van der Waals surface area contributed by atoms with Gasteiger partial charge in [0.1, 0.15) is 0 Å². The number of allylic oxidation sites excluding steroid dienone is 4. The first-order valence-corrected chi connectivity index (χ1v) is 15.7. The molecule has 4 aromatic rings. The van der Waals surface area contributed by atoms with Crippen LogP contribution in [0.15, 0.2) is 125 Å². The third-order valence-electron chi connectivity index (χ3n) is 6.93. The minimum absolute atomic E-state index is 0. The molecule has 4 heteroatoms. The predicted molar refractivity (Wildman–Crippen MR) is 138 cm³/mol. The van der Waals surface area contributed by atoms with Gasteiger partial charge in [0.25, 0.3) is 0 Å². The van der Waals surface area contributed by atoms with E-state index in [0.717, 1.165) is 12.2 Å². The maximum atomic E-state index is 5.71. The van der Waals surface area contributed by atoms with Crippen molar-refractivity contribution in [2.75, 3.05) is 7.11 Å². The van der Waals surface area contributed by atoms with Gasteiger partial charge >= 0.3 is 210 Å². The Morgan fingerprint density at radius 1 is 0.722 bits per heavy atom. The molecule has 36 heavy (non-hydrogen) atoms. The van der Waals surface area contributed by atoms with E-state index in [-0.39, 0.29) is 24.8 Å². The zero-order chi connectivity index (χ0) is 22.9. The minimum atomic E-state index is -2.57. The number of ether oxygens (including phenoxy) is 1. The van der Waals surface area contributed by atoms with E-state index < -0.39 is 21.3 Å². The van der Waals surface area contributed by atoms with Gasteiger partial charge < -0.3 is 24.8 Å². The number of rotatable bonds is 5. The van der Waals surface area contributed by atoms with Gasteiger partial charge in [0.05, 0.1) is 0 Å². The molecule has 0 radical (unpaired) electrons. The summed E-state index contributed by atoms with van der Waals surface area (Å²) in [7, 11) is 1.77. The normalized spacial score (nSPS) is 14.3. The van der Waals surface area contributed by atoms with Crippen LogP contribution in [0, 0.1) is 0 Å². The van der Waals surface area contributed by atoms with Crippen LogP contribution in [0.1, 0.15) is 32.3 Å². The number of fused-ring (bicyclic) bond motifs is 3. The third kappa shape index (κ3) is 4.75. The Hall–Kier alpha value is -2.51. The Balaban J connectivity index is 0.00000152. The molecule has 4 aromatic carbocycles. The number of benzene rings is 4. The van der Waals surface area contributed by atoms with Crippen molar-refractivity contribution in [3.05, 3.63) is 147 Å². The first-order chi connectivity index (χ1) is 16.8. The van der Waals surface area contributed by atoms with Crippen LogP contribution in [0.4, 0.5) is 0 Å². The Labute approximate surface area is 233 Å². The molecule has 1 unspecified atom stereocenters. The molecule has 0 aliphatic heterocycles. The summed E-state index contributed by atoms with van der Waals surface area (Å²) < 4.78 is 9.35. The van der Waals surface area contributed by atoms with E-state index in [9.17, 15) is 0 Å². The molecule has 0 saturated heterocycles. The van der Waals surface area contributed by atoms with E-state index >= 15 is 0 Å². The van der Waals surface area contributed by atoms with Crippen molar-refractivity contribution in [3.63, 3.8) is 0 Å². The van der Waals surface area contributed by atoms with Crippen molar-refractivity contribution >= 4 is 3.21 Å². The summed E-state index contributed by atoms with van der Waals surface area (Å²) in [6.45, 7) is 0. The van der Waals surface area contributed by atoms with E-state index in [4.69, 9.17) is 4.74 Å². The van der Waals surface area contributed by atoms with Gasteiger partial charge in [-0.25, -0.2) is 0 Å². The van der Waals surface area contributed by atoms with Crippen LogP contribution in [-0.4, -0.2) is 10.3 Å². The molecule has 0 amide bonds. The van der Waals surface area contributed by atoms with Gasteiger partial charge in [0, 0.05) is 0 Å². The zero-order valence-corrected chi connectivity index (χ0v) is 24.0. The monoisotopic (exact) mass is 586 g/mol. The molecule has 1 atom stereocenters. The molecule has 0 aromatic heterocycles. The Bertz CT molecular complexity index is 1410. The van der Waals surface area contributed by atoms with E-state index in [1.807, 2.05) is 0 Å². The standard InChI is InChI=1S/C14H11O.C13H10.C5H5.2ClH.Zr/c1-15-12-6-7-14-11(9-12)8-10-4-2-3-5-13(10)14;1-3-7-12(8-4-1)11-13-9-5-2-6-10-13;1-2-4-5-3-1;;;/h2-9H,1H3;1-10H;1-3H,4H2;2*1H;/q;;;;;+2/p-2. The number of methoxy groups -OCH3 is 1. The molecule has 0 N–H and O–H groups in total. The molecule has 2 aliphatic rings. The maximum absolute atomic E-state index is 5.71. The van der Waals surface area contributed by atoms with Crippen LogP contribution in [0.25, 0.3) is 11.1 Å². The van der Waals surface area contributed by atoms with Crippen molar-refractivity contribution in [2.24, 2.45) is 0 Å². The van der Waals surface area contributed by atoms with E-state index in [1.165, 1.54) is 33.4 Å². The summed E-state index contributed by atoms with van der Waals surface area (Å²) in [6, 6.07) is 37.9. The fraction of sp³-hybridized carbons (Fsp3) is 0.0938. The van der Waals surface area contributed by atoms with Crippen LogP contribution in [-0.2, 0) is 21.3 Å². The molecule has 178 valence electrons. The smallest absolute Gasteiger partial charge is 1.00 e. The Kier molecular flexibility index (Phi) is 8.63. The second kappa shape index (κ2) is 11.7. The average molecular weight is 589 g/mol. The third-order valence-corrected chi connectivity index (χ3v) is 15.2. The van der Waals surface area contributed by atoms with Gasteiger partial charge in [0.15, 0.2) is 0 Å². The van der Waals surface area contributed by atoms with Crippen LogP contribution in [0.3, 0.4) is 0 Å². The van der Waals surface area contributed by atoms with Crippen LogP contribution in [0.2, 0.25) is 0 Å². The molecule has 2 aliphatic carbocycles. The summed E-state index contributed by atoms with van der Waals surface area (Å²) >= 11 is -2.57. The van der Waals surface area contributed by atoms with Gasteiger partial charge in [-0.2, -0.15) is 0 Å². The molecule has 0 bridgehead atoms. The molecule has 6 rings (SSSR count). The Morgan fingerprint density at radius 2 is 1.33 bits per heavy atom. The topological polar surface area (TPSA) is 9.23 Å². The number of hydrogen-bond donors (Lipinski definition) is 0. The van der Waals surface area contributed by atoms with Gasteiger partial charge in [-0.3, -0.25) is 0 Å². The van der Waals surface area contributed by atoms with Gasteiger partial charge in [-0.05, 0) is 0 Å². The van der Waals surface area contributed by atoms with Crippen molar-refractivity contribution < 1.29 is 50.8 Å². The van der Waals surface area contributed by atoms with Crippen LogP contribution in [0.5, 0.6) is 5.75 Å². The minimum Gasteiger partial charge on any atom is -1.00 e. The number of hydrogen-bond acceptors (Lipinski definition) is 1. The maximum Gasteiger partial charge on any atom is -1.00 e. The molecular weight excluding hydrogens is 562 g/mol. The molecule has 0 heterocycles. The van der Waals surface area contributed by atoms with Gasteiger partial charge in [0.2, 0.25) is 0 Å². The number of halogens is 2. The van der Waals surface area contributed by atoms with E-state index in [2.05, 4.69) is 121 Å². The predicted octanol–water partition coefficient (Wildman–Crippen LogP) is 1.50. The van der Waals surface area contributed by atoms with Crippen molar-refractivity contribution in [3.8, 4) is 16.9 Å². The fourth-order valence-corrected chi connectivity index (χ4v) is 14.5.